The first-order valence-corrected chi connectivity index (χ1v) is 46.6. The number of carboxylic acids is 8. The Hall–Kier alpha value is -1.44. The van der Waals surface area contributed by atoms with E-state index in [-0.39, 0.29) is 135 Å². The van der Waals surface area contributed by atoms with Gasteiger partial charge in [0.15, 0.2) is 46.3 Å². The first-order chi connectivity index (χ1) is 49.0. The van der Waals surface area contributed by atoms with Crippen molar-refractivity contribution in [3.05, 3.63) is 78.5 Å². The van der Waals surface area contributed by atoms with Gasteiger partial charge < -0.3 is 101 Å². The molecule has 12 N–H and O–H groups in total. The summed E-state index contributed by atoms with van der Waals surface area (Å²) in [7, 11) is 0. The van der Waals surface area contributed by atoms with Crippen molar-refractivity contribution in [3.63, 3.8) is 0 Å². The van der Waals surface area contributed by atoms with E-state index < -0.39 is 94.0 Å². The molecule has 0 bridgehead atoms. The molecule has 8 aliphatic rings. The summed E-state index contributed by atoms with van der Waals surface area (Å²) in [6.07, 6.45) is 8.42. The molecular weight excluding hydrogens is 1980 g/mol. The number of ketones is 8. The molecule has 8 saturated heterocycles. The Labute approximate surface area is 758 Å². The summed E-state index contributed by atoms with van der Waals surface area (Å²) in [6.45, 7) is 10.1. The predicted octanol–water partition coefficient (Wildman–Crippen LogP) is -0.442. The number of aliphatic carboxylic acids is 8. The van der Waals surface area contributed by atoms with Gasteiger partial charge in [0.25, 0.3) is 0 Å². The first-order valence-electron chi connectivity index (χ1n) is 30.8. The molecule has 0 saturated carbocycles. The molecule has 112 heavy (non-hydrogen) atoms. The average molecular weight is 2070 g/mol. The van der Waals surface area contributed by atoms with Crippen LogP contribution in [0.1, 0.15) is 107 Å². The van der Waals surface area contributed by atoms with Gasteiger partial charge in [-0.15, -0.1) is 188 Å². The third-order valence-electron chi connectivity index (χ3n) is 12.1. The Balaban J connectivity index is -0.000000182. The van der Waals surface area contributed by atoms with Crippen LogP contribution >= 0.6 is 188 Å². The molecule has 28 nitrogen and oxygen atoms in total. The minimum Gasteiger partial charge on any atom is -0.545 e. The van der Waals surface area contributed by atoms with E-state index in [1.165, 1.54) is 244 Å². The van der Waals surface area contributed by atoms with Gasteiger partial charge in [-0.05, 0) is 199 Å². The van der Waals surface area contributed by atoms with Gasteiger partial charge in [0.1, 0.15) is 0 Å². The third kappa shape index (κ3) is 50.0. The van der Waals surface area contributed by atoms with Crippen LogP contribution in [0.15, 0.2) is 78.5 Å². The fourth-order valence-corrected chi connectivity index (χ4v) is 29.2. The maximum Gasteiger partial charge on any atom is 2.00 e. The summed E-state index contributed by atoms with van der Waals surface area (Å²) in [5.41, 5.74) is -1.26. The molecule has 0 aromatic heterocycles. The van der Waals surface area contributed by atoms with E-state index in [1.54, 1.807) is 0 Å². The first kappa shape index (κ1) is 126. The van der Waals surface area contributed by atoms with Gasteiger partial charge in [0.05, 0.1) is 126 Å². The van der Waals surface area contributed by atoms with Gasteiger partial charge in [-0.3, -0.25) is 38.4 Å². The van der Waals surface area contributed by atoms with Gasteiger partial charge in [0.2, 0.25) is 0 Å². The van der Waals surface area contributed by atoms with Crippen LogP contribution in [0.2, 0.25) is 0 Å². The van der Waals surface area contributed by atoms with Gasteiger partial charge in [0, 0.05) is 0 Å². The second kappa shape index (κ2) is 71.3. The third-order valence-corrected chi connectivity index (χ3v) is 33.1. The second-order valence-corrected chi connectivity index (χ2v) is 40.2. The van der Waals surface area contributed by atoms with E-state index in [1.807, 2.05) is 0 Å². The van der Waals surface area contributed by atoms with Gasteiger partial charge in [-0.25, -0.2) is 0 Å². The van der Waals surface area contributed by atoms with Crippen LogP contribution in [0, 0.1) is 0 Å². The van der Waals surface area contributed by atoms with Gasteiger partial charge in [-0.1, -0.05) is 0 Å². The minimum absolute atomic E-state index is 0. The molecular formula is C64H84Cu4O28S16+4. The smallest absolute Gasteiger partial charge is 0.545 e. The maximum atomic E-state index is 11.0. The van der Waals surface area contributed by atoms with Crippen LogP contribution in [-0.4, -0.2) is 186 Å². The molecule has 8 aliphatic heterocycles. The zero-order valence-corrected chi connectivity index (χ0v) is 77.6. The summed E-state index contributed by atoms with van der Waals surface area (Å²) >= 11 is 22.9. The molecule has 8 rings (SSSR count). The molecule has 0 spiro atoms. The number of hydrogen-bond acceptors (Lipinski definition) is 40. The number of Topliss-reactive ketones (excluding diaryl/α,β-unsaturated/α-hetero) is 8. The zero-order chi connectivity index (χ0) is 78.8. The largest absolute Gasteiger partial charge is 2.00 e. The normalized spacial score (nSPS) is 15.6. The maximum absolute atomic E-state index is 11.0. The average Bonchev–Trinajstić information content (AvgIpc) is 0.933. The molecule has 0 aliphatic carbocycles. The molecule has 644 valence electrons. The Kier molecular flexibility index (Phi) is 80.3. The topological polar surface area (TPSA) is 590 Å². The molecule has 8 fully saturated rings. The van der Waals surface area contributed by atoms with Crippen molar-refractivity contribution in [1.29, 1.82) is 0 Å². The summed E-state index contributed by atoms with van der Waals surface area (Å²) in [4.78, 5) is 173. The number of thioether (sulfide) groups is 16. The van der Waals surface area contributed by atoms with Crippen molar-refractivity contribution in [2.75, 3.05) is 92.0 Å². The number of carboxylic acid groups (broad SMARTS) is 8. The summed E-state index contributed by atoms with van der Waals surface area (Å²) in [5.74, 6) is -0.111. The SMILES string of the molecule is CC(=O)C(C(=O)[O-])=C1SCCCS1.CC(=O)C(C(=O)[O-])=C1SCCCS1.CC(=O)C(C(=O)[O-])=C1SCCCS1.CC(=O)C(C(=O)[O-])=C1SCCCS1.CC(=O)C(C(=O)[O-])=C1SCCCS1.CC(=O)C(C(=O)[O-])=C1SCCCS1.CC(=O)C(C(=O)[O-])=C1SCCCS1.CC(=O)C(C(=O)[O-])=C1SCCCS1.[Cu+2].[Cu+2].[Cu+2].[Cu+2].[OH3+].[OH3+].[OH3+].[OH3+]. The number of carbonyl (C=O) groups is 16. The molecule has 8 heterocycles. The van der Waals surface area contributed by atoms with E-state index in [4.69, 9.17) is 0 Å². The van der Waals surface area contributed by atoms with E-state index >= 15 is 0 Å². The Morgan fingerprint density at radius 3 is 0.277 bits per heavy atom. The van der Waals surface area contributed by atoms with Crippen molar-refractivity contribution in [1.82, 2.24) is 0 Å². The monoisotopic (exact) mass is 2060 g/mol. The second-order valence-electron chi connectivity index (χ2n) is 20.5. The Morgan fingerprint density at radius 1 is 0.170 bits per heavy atom. The van der Waals surface area contributed by atoms with E-state index in [0.29, 0.717) is 33.9 Å². The quantitative estimate of drug-likeness (QED) is 0.0621. The molecule has 0 aromatic rings. The minimum atomic E-state index is -1.36. The van der Waals surface area contributed by atoms with Crippen molar-refractivity contribution >= 4 is 282 Å². The summed E-state index contributed by atoms with van der Waals surface area (Å²) in [6, 6.07) is 0. The Morgan fingerprint density at radius 2 is 0.232 bits per heavy atom. The van der Waals surface area contributed by atoms with E-state index in [9.17, 15) is 118 Å². The number of hydrogen-bond donors (Lipinski definition) is 0. The van der Waals surface area contributed by atoms with Crippen LogP contribution in [-0.2, 0) is 167 Å². The summed E-state index contributed by atoms with van der Waals surface area (Å²) < 4.78 is 4.88. The van der Waals surface area contributed by atoms with Crippen molar-refractivity contribution in [2.45, 2.75) is 107 Å². The van der Waals surface area contributed by atoms with Crippen LogP contribution in [0.3, 0.4) is 0 Å². The number of rotatable bonds is 16. The fourth-order valence-electron chi connectivity index (χ4n) is 7.56. The molecule has 4 radical (unpaired) electrons. The number of carbonyl (C=O) groups excluding carboxylic acids is 16. The van der Waals surface area contributed by atoms with Crippen LogP contribution in [0.5, 0.6) is 0 Å². The Bertz CT molecular complexity index is 2680. The molecule has 0 atom stereocenters. The van der Waals surface area contributed by atoms with Crippen LogP contribution in [0.25, 0.3) is 0 Å². The fraction of sp³-hybridized carbons (Fsp3) is 0.500. The van der Waals surface area contributed by atoms with Crippen LogP contribution in [0.4, 0.5) is 0 Å². The summed E-state index contributed by atoms with van der Waals surface area (Å²) in [5, 5.41) is 85.0. The molecule has 0 aromatic carbocycles. The zero-order valence-electron chi connectivity index (χ0n) is 60.8. The van der Waals surface area contributed by atoms with Crippen molar-refractivity contribution < 1.29 is 208 Å². The van der Waals surface area contributed by atoms with E-state index in [0.717, 1.165) is 143 Å². The van der Waals surface area contributed by atoms with Crippen molar-refractivity contribution in [3.8, 4) is 0 Å². The molecule has 48 heteroatoms. The van der Waals surface area contributed by atoms with Crippen molar-refractivity contribution in [2.24, 2.45) is 0 Å². The molecule has 0 amide bonds. The van der Waals surface area contributed by atoms with Gasteiger partial charge in [-0.2, -0.15) is 0 Å². The predicted molar refractivity (Wildman–Crippen MR) is 437 cm³/mol. The van der Waals surface area contributed by atoms with E-state index in [2.05, 4.69) is 0 Å². The van der Waals surface area contributed by atoms with Crippen LogP contribution < -0.4 is 40.9 Å². The molecule has 0 unspecified atom stereocenters. The standard InChI is InChI=1S/8C8H10O3S2.4Cu.4H2O/c8*1-5(9)6(7(10)11)8-12-3-2-4-13-8;;;;;;;;/h8*2-4H2,1H3,(H,10,11);;;;;4*1H2/q;;;;;;;;4*+2;;;;/p-4. The van der Waals surface area contributed by atoms with Gasteiger partial charge >= 0.3 is 68.3 Å².